The second kappa shape index (κ2) is 7.91. The first-order chi connectivity index (χ1) is 10.8. The highest BCUT2D eigenvalue weighted by atomic mass is 32.2. The van der Waals surface area contributed by atoms with Crippen LogP contribution in [0.3, 0.4) is 0 Å². The molecule has 0 unspecified atom stereocenters. The van der Waals surface area contributed by atoms with Gasteiger partial charge >= 0.3 is 6.03 Å². The third-order valence-electron chi connectivity index (χ3n) is 5.33. The second-order valence-corrected chi connectivity index (χ2v) is 8.56. The molecule has 3 rings (SSSR count). The first-order valence-electron chi connectivity index (χ1n) is 9.19. The van der Waals surface area contributed by atoms with Crippen LogP contribution in [-0.4, -0.2) is 53.1 Å². The van der Waals surface area contributed by atoms with Crippen LogP contribution < -0.4 is 10.6 Å². The Morgan fingerprint density at radius 3 is 2.45 bits per heavy atom. The second-order valence-electron chi connectivity index (χ2n) is 7.04. The number of thioether (sulfide) groups is 1. The molecule has 2 atom stereocenters. The molecule has 1 heterocycles. The molecule has 3 fully saturated rings. The Kier molecular flexibility index (Phi) is 5.91. The van der Waals surface area contributed by atoms with Crippen LogP contribution in [0.25, 0.3) is 0 Å². The summed E-state index contributed by atoms with van der Waals surface area (Å²) in [6, 6.07) is 1.67. The Morgan fingerprint density at radius 1 is 1.05 bits per heavy atom. The molecule has 0 radical (unpaired) electrons. The van der Waals surface area contributed by atoms with E-state index in [-0.39, 0.29) is 6.03 Å². The first kappa shape index (κ1) is 16.4. The minimum Gasteiger partial charge on any atom is -0.335 e. The number of nitrogens with one attached hydrogen (secondary N) is 2. The van der Waals surface area contributed by atoms with Gasteiger partial charge in [0.15, 0.2) is 0 Å². The molecule has 4 nitrogen and oxygen atoms in total. The van der Waals surface area contributed by atoms with E-state index in [2.05, 4.69) is 22.5 Å². The van der Waals surface area contributed by atoms with Gasteiger partial charge in [-0.1, -0.05) is 19.8 Å². The van der Waals surface area contributed by atoms with E-state index in [4.69, 9.17) is 0 Å². The molecule has 2 amide bonds. The predicted molar refractivity (Wildman–Crippen MR) is 93.5 cm³/mol. The number of likely N-dealkylation sites (tertiary alicyclic amines) is 1. The number of urea groups is 1. The third-order valence-corrected chi connectivity index (χ3v) is 6.65. The Hall–Kier alpha value is -0.420. The molecule has 22 heavy (non-hydrogen) atoms. The Balaban J connectivity index is 1.39. The lowest BCUT2D eigenvalue weighted by Gasteiger charge is -2.34. The number of carbonyl (C=O) groups is 1. The minimum absolute atomic E-state index is 0.0680. The molecule has 0 bridgehead atoms. The highest BCUT2D eigenvalue weighted by Gasteiger charge is 2.32. The fraction of sp³-hybridized carbons (Fsp3) is 0.941. The van der Waals surface area contributed by atoms with Gasteiger partial charge in [0.2, 0.25) is 0 Å². The number of amides is 2. The number of piperidine rings is 1. The quantitative estimate of drug-likeness (QED) is 0.817. The summed E-state index contributed by atoms with van der Waals surface area (Å²) in [5.74, 6) is 1.14. The molecule has 2 N–H and O–H groups in total. The van der Waals surface area contributed by atoms with Crippen molar-refractivity contribution >= 4 is 17.8 Å². The Bertz CT molecular complexity index is 365. The van der Waals surface area contributed by atoms with E-state index in [1.54, 1.807) is 0 Å². The van der Waals surface area contributed by atoms with E-state index in [0.29, 0.717) is 17.3 Å². The molecule has 0 spiro atoms. The fourth-order valence-electron chi connectivity index (χ4n) is 3.92. The maximum atomic E-state index is 12.3. The molecule has 0 aromatic carbocycles. The zero-order chi connectivity index (χ0) is 15.4. The molecule has 2 saturated carbocycles. The average molecular weight is 326 g/mol. The number of rotatable bonds is 5. The lowest BCUT2D eigenvalue weighted by Crippen LogP contribution is -2.52. The summed E-state index contributed by atoms with van der Waals surface area (Å²) in [4.78, 5) is 14.9. The summed E-state index contributed by atoms with van der Waals surface area (Å²) in [5.41, 5.74) is 0. The van der Waals surface area contributed by atoms with Crippen molar-refractivity contribution in [2.45, 2.75) is 81.7 Å². The normalized spacial score (nSPS) is 31.0. The minimum atomic E-state index is 0.0680. The van der Waals surface area contributed by atoms with Crippen LogP contribution in [0.2, 0.25) is 0 Å². The van der Waals surface area contributed by atoms with Crippen LogP contribution in [0, 0.1) is 0 Å². The van der Waals surface area contributed by atoms with Crippen molar-refractivity contribution in [3.8, 4) is 0 Å². The van der Waals surface area contributed by atoms with Crippen LogP contribution in [0.4, 0.5) is 4.79 Å². The number of hydrogen-bond acceptors (Lipinski definition) is 3. The lowest BCUT2D eigenvalue weighted by molar-refractivity contribution is 0.184. The molecular formula is C17H31N3OS. The maximum Gasteiger partial charge on any atom is 0.315 e. The molecule has 5 heteroatoms. The van der Waals surface area contributed by atoms with Crippen LogP contribution in [0.1, 0.15) is 58.3 Å². The monoisotopic (exact) mass is 325 g/mol. The summed E-state index contributed by atoms with van der Waals surface area (Å²) < 4.78 is 0. The molecule has 126 valence electrons. The van der Waals surface area contributed by atoms with Crippen molar-refractivity contribution in [1.82, 2.24) is 15.5 Å². The molecule has 2 aliphatic carbocycles. The van der Waals surface area contributed by atoms with E-state index in [9.17, 15) is 4.79 Å². The largest absolute Gasteiger partial charge is 0.335 e. The van der Waals surface area contributed by atoms with E-state index in [1.807, 2.05) is 11.8 Å². The van der Waals surface area contributed by atoms with Crippen molar-refractivity contribution < 1.29 is 4.79 Å². The Morgan fingerprint density at radius 2 is 1.77 bits per heavy atom. The van der Waals surface area contributed by atoms with Crippen LogP contribution in [0.15, 0.2) is 0 Å². The highest BCUT2D eigenvalue weighted by Crippen LogP contribution is 2.30. The lowest BCUT2D eigenvalue weighted by atomic mass is 9.95. The van der Waals surface area contributed by atoms with E-state index >= 15 is 0 Å². The number of carbonyl (C=O) groups excluding carboxylic acids is 1. The summed E-state index contributed by atoms with van der Waals surface area (Å²) in [7, 11) is 0. The summed E-state index contributed by atoms with van der Waals surface area (Å²) in [5, 5.41) is 7.10. The Labute approximate surface area is 139 Å². The van der Waals surface area contributed by atoms with Gasteiger partial charge in [0.1, 0.15) is 0 Å². The summed E-state index contributed by atoms with van der Waals surface area (Å²) in [6.07, 6.45) is 9.97. The SMILES string of the molecule is CCS[C@H]1CCCC[C@@H]1NC(=O)NC1CCN(C2CC2)CC1. The van der Waals surface area contributed by atoms with Gasteiger partial charge in [-0.2, -0.15) is 11.8 Å². The zero-order valence-electron chi connectivity index (χ0n) is 13.9. The van der Waals surface area contributed by atoms with Crippen LogP contribution in [-0.2, 0) is 0 Å². The van der Waals surface area contributed by atoms with Crippen molar-refractivity contribution in [2.24, 2.45) is 0 Å². The van der Waals surface area contributed by atoms with Gasteiger partial charge in [-0.15, -0.1) is 0 Å². The van der Waals surface area contributed by atoms with Crippen LogP contribution >= 0.6 is 11.8 Å². The van der Waals surface area contributed by atoms with Crippen molar-refractivity contribution in [1.29, 1.82) is 0 Å². The van der Waals surface area contributed by atoms with Crippen molar-refractivity contribution in [2.75, 3.05) is 18.8 Å². The molecule has 1 saturated heterocycles. The van der Waals surface area contributed by atoms with Gasteiger partial charge < -0.3 is 15.5 Å². The van der Waals surface area contributed by atoms with Gasteiger partial charge in [-0.25, -0.2) is 4.79 Å². The van der Waals surface area contributed by atoms with Gasteiger partial charge in [-0.3, -0.25) is 0 Å². The predicted octanol–water partition coefficient (Wildman–Crippen LogP) is 2.98. The highest BCUT2D eigenvalue weighted by molar-refractivity contribution is 7.99. The smallest absolute Gasteiger partial charge is 0.315 e. The van der Waals surface area contributed by atoms with E-state index in [1.165, 1.54) is 32.1 Å². The van der Waals surface area contributed by atoms with E-state index in [0.717, 1.165) is 44.1 Å². The average Bonchev–Trinajstić information content (AvgIpc) is 3.35. The fourth-order valence-corrected chi connectivity index (χ4v) is 5.12. The summed E-state index contributed by atoms with van der Waals surface area (Å²) >= 11 is 2.01. The van der Waals surface area contributed by atoms with Gasteiger partial charge in [0.25, 0.3) is 0 Å². The van der Waals surface area contributed by atoms with E-state index < -0.39 is 0 Å². The topological polar surface area (TPSA) is 44.4 Å². The van der Waals surface area contributed by atoms with Gasteiger partial charge in [-0.05, 0) is 44.3 Å². The number of nitrogens with zero attached hydrogens (tertiary/aromatic N) is 1. The molecule has 0 aromatic rings. The molecule has 1 aliphatic heterocycles. The van der Waals surface area contributed by atoms with Crippen molar-refractivity contribution in [3.05, 3.63) is 0 Å². The molecule has 0 aromatic heterocycles. The van der Waals surface area contributed by atoms with Gasteiger partial charge in [0.05, 0.1) is 0 Å². The van der Waals surface area contributed by atoms with Crippen LogP contribution in [0.5, 0.6) is 0 Å². The zero-order valence-corrected chi connectivity index (χ0v) is 14.7. The molecular weight excluding hydrogens is 294 g/mol. The van der Waals surface area contributed by atoms with Gasteiger partial charge in [0, 0.05) is 36.5 Å². The third kappa shape index (κ3) is 4.54. The molecule has 3 aliphatic rings. The first-order valence-corrected chi connectivity index (χ1v) is 10.2. The van der Waals surface area contributed by atoms with Crippen molar-refractivity contribution in [3.63, 3.8) is 0 Å². The number of hydrogen-bond donors (Lipinski definition) is 2. The standard InChI is InChI=1S/C17H31N3OS/c1-2-22-16-6-4-3-5-15(16)19-17(21)18-13-9-11-20(12-10-13)14-7-8-14/h13-16H,2-12H2,1H3,(H2,18,19,21)/t15-,16-/m0/s1. The maximum absolute atomic E-state index is 12.3. The summed E-state index contributed by atoms with van der Waals surface area (Å²) in [6.45, 7) is 4.53.